The van der Waals surface area contributed by atoms with Gasteiger partial charge in [-0.15, -0.1) is 0 Å². The van der Waals surface area contributed by atoms with Crippen LogP contribution in [0.4, 0.5) is 5.82 Å². The molecular weight excluding hydrogens is 228 g/mol. The summed E-state index contributed by atoms with van der Waals surface area (Å²) < 4.78 is 0. The standard InChI is InChI=1S/C13H22N4O/c1-9-6-10(2)15-13(11(9)7-14)17(5)8-12(18)16(3)4/h6H,7-8,14H2,1-5H3. The number of anilines is 1. The Balaban J connectivity index is 3.04. The molecule has 0 atom stereocenters. The summed E-state index contributed by atoms with van der Waals surface area (Å²) >= 11 is 0. The maximum absolute atomic E-state index is 11.7. The van der Waals surface area contributed by atoms with Gasteiger partial charge in [0.2, 0.25) is 5.91 Å². The van der Waals surface area contributed by atoms with Gasteiger partial charge in [-0.25, -0.2) is 4.98 Å². The Labute approximate surface area is 109 Å². The van der Waals surface area contributed by atoms with E-state index in [4.69, 9.17) is 5.73 Å². The van der Waals surface area contributed by atoms with Crippen molar-refractivity contribution in [2.45, 2.75) is 20.4 Å². The quantitative estimate of drug-likeness (QED) is 0.853. The maximum Gasteiger partial charge on any atom is 0.241 e. The number of aryl methyl sites for hydroxylation is 2. The molecule has 0 spiro atoms. The number of amides is 1. The van der Waals surface area contributed by atoms with Crippen LogP contribution in [0.2, 0.25) is 0 Å². The fourth-order valence-electron chi connectivity index (χ4n) is 1.83. The number of aromatic nitrogens is 1. The Morgan fingerprint density at radius 2 is 1.94 bits per heavy atom. The molecular formula is C13H22N4O. The molecule has 0 saturated carbocycles. The smallest absolute Gasteiger partial charge is 0.241 e. The second-order valence-corrected chi connectivity index (χ2v) is 4.73. The molecule has 1 aromatic rings. The molecule has 1 amide bonds. The summed E-state index contributed by atoms with van der Waals surface area (Å²) in [5.41, 5.74) is 8.81. The zero-order valence-electron chi connectivity index (χ0n) is 11.8. The zero-order valence-corrected chi connectivity index (χ0v) is 11.8. The van der Waals surface area contributed by atoms with Gasteiger partial charge in [-0.2, -0.15) is 0 Å². The van der Waals surface area contributed by atoms with Gasteiger partial charge in [0.05, 0.1) is 6.54 Å². The van der Waals surface area contributed by atoms with Crippen LogP contribution in [0.3, 0.4) is 0 Å². The molecule has 1 heterocycles. The van der Waals surface area contributed by atoms with Crippen molar-refractivity contribution in [2.24, 2.45) is 5.73 Å². The highest BCUT2D eigenvalue weighted by Gasteiger charge is 2.15. The van der Waals surface area contributed by atoms with Crippen LogP contribution in [0.1, 0.15) is 16.8 Å². The van der Waals surface area contributed by atoms with Crippen molar-refractivity contribution in [3.05, 3.63) is 22.9 Å². The monoisotopic (exact) mass is 250 g/mol. The normalized spacial score (nSPS) is 10.3. The Kier molecular flexibility index (Phi) is 4.67. The fraction of sp³-hybridized carbons (Fsp3) is 0.538. The van der Waals surface area contributed by atoms with Crippen molar-refractivity contribution in [2.75, 3.05) is 32.6 Å². The van der Waals surface area contributed by atoms with Crippen LogP contribution in [0.25, 0.3) is 0 Å². The fourth-order valence-corrected chi connectivity index (χ4v) is 1.83. The number of hydrogen-bond donors (Lipinski definition) is 1. The van der Waals surface area contributed by atoms with Crippen molar-refractivity contribution >= 4 is 11.7 Å². The van der Waals surface area contributed by atoms with Crippen molar-refractivity contribution in [1.82, 2.24) is 9.88 Å². The predicted octanol–water partition coefficient (Wildman–Crippen LogP) is 0.682. The molecule has 0 radical (unpaired) electrons. The van der Waals surface area contributed by atoms with Crippen molar-refractivity contribution < 1.29 is 4.79 Å². The number of likely N-dealkylation sites (N-methyl/N-ethyl adjacent to an activating group) is 2. The number of nitrogens with zero attached hydrogens (tertiary/aromatic N) is 3. The summed E-state index contributed by atoms with van der Waals surface area (Å²) in [5.74, 6) is 0.839. The second kappa shape index (κ2) is 5.82. The minimum Gasteiger partial charge on any atom is -0.350 e. The summed E-state index contributed by atoms with van der Waals surface area (Å²) in [4.78, 5) is 19.6. The Morgan fingerprint density at radius 3 is 2.44 bits per heavy atom. The van der Waals surface area contributed by atoms with Gasteiger partial charge < -0.3 is 15.5 Å². The van der Waals surface area contributed by atoms with E-state index in [2.05, 4.69) is 4.98 Å². The van der Waals surface area contributed by atoms with Crippen molar-refractivity contribution in [3.63, 3.8) is 0 Å². The Bertz CT molecular complexity index is 443. The van der Waals surface area contributed by atoms with Crippen LogP contribution in [0.5, 0.6) is 0 Å². The van der Waals surface area contributed by atoms with Crippen LogP contribution >= 0.6 is 0 Å². The van der Waals surface area contributed by atoms with Gasteiger partial charge in [0.15, 0.2) is 0 Å². The van der Waals surface area contributed by atoms with Gasteiger partial charge in [0, 0.05) is 38.9 Å². The summed E-state index contributed by atoms with van der Waals surface area (Å²) in [6, 6.07) is 2.01. The highest BCUT2D eigenvalue weighted by atomic mass is 16.2. The van der Waals surface area contributed by atoms with Crippen LogP contribution in [0.15, 0.2) is 6.07 Å². The SMILES string of the molecule is Cc1cc(C)c(CN)c(N(C)CC(=O)N(C)C)n1. The highest BCUT2D eigenvalue weighted by Crippen LogP contribution is 2.21. The third kappa shape index (κ3) is 3.20. The number of carbonyl (C=O) groups is 1. The van der Waals surface area contributed by atoms with Gasteiger partial charge >= 0.3 is 0 Å². The first-order valence-electron chi connectivity index (χ1n) is 5.95. The van der Waals surface area contributed by atoms with E-state index in [0.29, 0.717) is 13.1 Å². The lowest BCUT2D eigenvalue weighted by molar-refractivity contribution is -0.127. The molecule has 5 heteroatoms. The average Bonchev–Trinajstić information content (AvgIpc) is 2.27. The summed E-state index contributed by atoms with van der Waals surface area (Å²) in [7, 11) is 5.35. The summed E-state index contributed by atoms with van der Waals surface area (Å²) in [6.45, 7) is 4.69. The first-order chi connectivity index (χ1) is 8.36. The Hall–Kier alpha value is -1.62. The van der Waals surface area contributed by atoms with Gasteiger partial charge in [-0.3, -0.25) is 4.79 Å². The van der Waals surface area contributed by atoms with E-state index in [1.165, 1.54) is 0 Å². The second-order valence-electron chi connectivity index (χ2n) is 4.73. The average molecular weight is 250 g/mol. The molecule has 0 aliphatic rings. The molecule has 5 nitrogen and oxygen atoms in total. The van der Waals surface area contributed by atoms with E-state index in [9.17, 15) is 4.79 Å². The zero-order chi connectivity index (χ0) is 13.9. The van der Waals surface area contributed by atoms with E-state index >= 15 is 0 Å². The summed E-state index contributed by atoms with van der Waals surface area (Å²) in [6.07, 6.45) is 0. The van der Waals surface area contributed by atoms with E-state index in [1.54, 1.807) is 19.0 Å². The first-order valence-corrected chi connectivity index (χ1v) is 5.95. The largest absolute Gasteiger partial charge is 0.350 e. The number of hydrogen-bond acceptors (Lipinski definition) is 4. The van der Waals surface area contributed by atoms with Gasteiger partial charge in [0.1, 0.15) is 5.82 Å². The molecule has 0 unspecified atom stereocenters. The number of pyridine rings is 1. The highest BCUT2D eigenvalue weighted by molar-refractivity contribution is 5.80. The lowest BCUT2D eigenvalue weighted by Crippen LogP contribution is -2.35. The molecule has 1 aromatic heterocycles. The number of carbonyl (C=O) groups excluding carboxylic acids is 1. The third-order valence-corrected chi connectivity index (χ3v) is 2.89. The van der Waals surface area contributed by atoms with Crippen LogP contribution in [0, 0.1) is 13.8 Å². The molecule has 2 N–H and O–H groups in total. The van der Waals surface area contributed by atoms with Crippen LogP contribution in [-0.2, 0) is 11.3 Å². The maximum atomic E-state index is 11.7. The van der Waals surface area contributed by atoms with Crippen molar-refractivity contribution in [3.8, 4) is 0 Å². The minimum absolute atomic E-state index is 0.0430. The molecule has 18 heavy (non-hydrogen) atoms. The van der Waals surface area contributed by atoms with Crippen LogP contribution < -0.4 is 10.6 Å². The molecule has 0 fully saturated rings. The molecule has 0 saturated heterocycles. The molecule has 100 valence electrons. The third-order valence-electron chi connectivity index (χ3n) is 2.89. The van der Waals surface area contributed by atoms with Gasteiger partial charge in [-0.05, 0) is 25.5 Å². The van der Waals surface area contributed by atoms with Gasteiger partial charge in [-0.1, -0.05) is 0 Å². The predicted molar refractivity (Wildman–Crippen MR) is 73.6 cm³/mol. The number of nitrogens with two attached hydrogens (primary N) is 1. The Morgan fingerprint density at radius 1 is 1.33 bits per heavy atom. The molecule has 0 aliphatic carbocycles. The van der Waals surface area contributed by atoms with E-state index in [0.717, 1.165) is 22.6 Å². The van der Waals surface area contributed by atoms with E-state index < -0.39 is 0 Å². The molecule has 1 rings (SSSR count). The minimum atomic E-state index is 0.0430. The van der Waals surface area contributed by atoms with E-state index in [1.807, 2.05) is 31.9 Å². The topological polar surface area (TPSA) is 62.5 Å². The molecule has 0 aromatic carbocycles. The number of rotatable bonds is 4. The lowest BCUT2D eigenvalue weighted by atomic mass is 10.1. The van der Waals surface area contributed by atoms with Crippen molar-refractivity contribution in [1.29, 1.82) is 0 Å². The lowest BCUT2D eigenvalue weighted by Gasteiger charge is -2.23. The molecule has 0 bridgehead atoms. The van der Waals surface area contributed by atoms with E-state index in [-0.39, 0.29) is 5.91 Å². The molecule has 0 aliphatic heterocycles. The van der Waals surface area contributed by atoms with Crippen LogP contribution in [-0.4, -0.2) is 43.5 Å². The summed E-state index contributed by atoms with van der Waals surface area (Å²) in [5, 5.41) is 0. The van der Waals surface area contributed by atoms with Gasteiger partial charge in [0.25, 0.3) is 0 Å². The first kappa shape index (κ1) is 14.4.